The Hall–Kier alpha value is -2.06. The van der Waals surface area contributed by atoms with Gasteiger partial charge in [0, 0.05) is 23.1 Å². The van der Waals surface area contributed by atoms with Crippen LogP contribution in [-0.4, -0.2) is 39.6 Å². The van der Waals surface area contributed by atoms with E-state index in [4.69, 9.17) is 11.6 Å². The first kappa shape index (κ1) is 19.3. The van der Waals surface area contributed by atoms with Crippen LogP contribution in [0.15, 0.2) is 36.7 Å². The van der Waals surface area contributed by atoms with Crippen molar-refractivity contribution in [3.8, 4) is 0 Å². The predicted octanol–water partition coefficient (Wildman–Crippen LogP) is 3.56. The molecule has 1 unspecified atom stereocenters. The summed E-state index contributed by atoms with van der Waals surface area (Å²) in [5.74, 6) is -0.0547. The zero-order valence-corrected chi connectivity index (χ0v) is 14.5. The normalized spacial score (nSPS) is 13.1. The highest BCUT2D eigenvalue weighted by molar-refractivity contribution is 6.30. The zero-order valence-electron chi connectivity index (χ0n) is 13.7. The van der Waals surface area contributed by atoms with Crippen molar-refractivity contribution in [2.45, 2.75) is 32.2 Å². The van der Waals surface area contributed by atoms with Crippen molar-refractivity contribution in [1.82, 2.24) is 14.5 Å². The Balaban J connectivity index is 1.99. The second-order valence-electron chi connectivity index (χ2n) is 5.68. The van der Waals surface area contributed by atoms with Gasteiger partial charge in [-0.2, -0.15) is 13.2 Å². The molecule has 136 valence electrons. The number of hydrogen-bond donors (Lipinski definition) is 1. The van der Waals surface area contributed by atoms with Crippen LogP contribution in [0.4, 0.5) is 18.9 Å². The largest absolute Gasteiger partial charge is 0.406 e. The summed E-state index contributed by atoms with van der Waals surface area (Å²) in [4.78, 5) is 17.9. The number of anilines is 1. The smallest absolute Gasteiger partial charge is 0.325 e. The third-order valence-electron chi connectivity index (χ3n) is 3.67. The second kappa shape index (κ2) is 7.88. The highest BCUT2D eigenvalue weighted by atomic mass is 35.5. The van der Waals surface area contributed by atoms with Crippen LogP contribution >= 0.6 is 11.6 Å². The number of amides is 1. The number of halogens is 4. The lowest BCUT2D eigenvalue weighted by Gasteiger charge is -2.24. The van der Waals surface area contributed by atoms with E-state index in [1.807, 2.05) is 0 Å². The van der Waals surface area contributed by atoms with Crippen LogP contribution in [0.25, 0.3) is 0 Å². The van der Waals surface area contributed by atoms with Gasteiger partial charge in [0.05, 0.1) is 12.6 Å². The van der Waals surface area contributed by atoms with E-state index in [0.717, 1.165) is 4.57 Å². The van der Waals surface area contributed by atoms with Crippen molar-refractivity contribution in [2.75, 3.05) is 12.4 Å². The van der Waals surface area contributed by atoms with Gasteiger partial charge >= 0.3 is 6.18 Å². The van der Waals surface area contributed by atoms with Gasteiger partial charge in [-0.05, 0) is 32.2 Å². The van der Waals surface area contributed by atoms with E-state index in [1.165, 1.54) is 12.4 Å². The molecule has 1 atom stereocenters. The molecule has 2 rings (SSSR count). The molecule has 0 saturated carbocycles. The van der Waals surface area contributed by atoms with Gasteiger partial charge in [-0.25, -0.2) is 4.98 Å². The van der Waals surface area contributed by atoms with Crippen molar-refractivity contribution in [3.63, 3.8) is 0 Å². The molecule has 1 heterocycles. The molecule has 9 heteroatoms. The number of nitrogens with one attached hydrogen (secondary N) is 1. The zero-order chi connectivity index (χ0) is 18.6. The fraction of sp³-hybridized carbons (Fsp3) is 0.375. The Bertz CT molecular complexity index is 732. The molecule has 1 amide bonds. The van der Waals surface area contributed by atoms with E-state index < -0.39 is 18.8 Å². The Morgan fingerprint density at radius 1 is 1.44 bits per heavy atom. The van der Waals surface area contributed by atoms with E-state index >= 15 is 0 Å². The number of likely N-dealkylation sites (N-methyl/N-ethyl adjacent to an activating group) is 1. The summed E-state index contributed by atoms with van der Waals surface area (Å²) >= 11 is 5.87. The standard InChI is InChI=1S/C16H18ClF3N4O/c1-11(15(25)22-13-5-3-4-12(17)8-13)23(2)9-14-21-6-7-24(14)10-16(18,19)20/h3-8,11H,9-10H2,1-2H3,(H,22,25). The topological polar surface area (TPSA) is 50.2 Å². The number of carbonyl (C=O) groups is 1. The van der Waals surface area contributed by atoms with Crippen LogP contribution in [0, 0.1) is 0 Å². The van der Waals surface area contributed by atoms with E-state index in [2.05, 4.69) is 10.3 Å². The van der Waals surface area contributed by atoms with Crippen LogP contribution < -0.4 is 5.32 Å². The lowest BCUT2D eigenvalue weighted by Crippen LogP contribution is -2.39. The van der Waals surface area contributed by atoms with Gasteiger partial charge in [0.15, 0.2) is 0 Å². The van der Waals surface area contributed by atoms with Gasteiger partial charge in [-0.15, -0.1) is 0 Å². The first-order chi connectivity index (χ1) is 11.7. The number of nitrogens with zero attached hydrogens (tertiary/aromatic N) is 3. The van der Waals surface area contributed by atoms with Crippen molar-refractivity contribution in [2.24, 2.45) is 0 Å². The molecule has 25 heavy (non-hydrogen) atoms. The highest BCUT2D eigenvalue weighted by Gasteiger charge is 2.29. The highest BCUT2D eigenvalue weighted by Crippen LogP contribution is 2.19. The van der Waals surface area contributed by atoms with Crippen LogP contribution in [0.2, 0.25) is 5.02 Å². The lowest BCUT2D eigenvalue weighted by atomic mass is 10.2. The van der Waals surface area contributed by atoms with Gasteiger partial charge < -0.3 is 9.88 Å². The Kier molecular flexibility index (Phi) is 6.07. The lowest BCUT2D eigenvalue weighted by molar-refractivity contribution is -0.141. The van der Waals surface area contributed by atoms with E-state index in [9.17, 15) is 18.0 Å². The number of alkyl halides is 3. The summed E-state index contributed by atoms with van der Waals surface area (Å²) in [6.45, 7) is 0.656. The molecule has 0 saturated heterocycles. The minimum atomic E-state index is -4.33. The van der Waals surface area contributed by atoms with Crippen molar-refractivity contribution < 1.29 is 18.0 Å². The predicted molar refractivity (Wildman–Crippen MR) is 89.3 cm³/mol. The maximum Gasteiger partial charge on any atom is 0.406 e. The van der Waals surface area contributed by atoms with E-state index in [1.54, 1.807) is 43.1 Å². The maximum atomic E-state index is 12.6. The summed E-state index contributed by atoms with van der Waals surface area (Å²) in [7, 11) is 1.65. The molecular weight excluding hydrogens is 357 g/mol. The summed E-state index contributed by atoms with van der Waals surface area (Å²) < 4.78 is 38.7. The summed E-state index contributed by atoms with van der Waals surface area (Å²) in [6, 6.07) is 6.14. The summed E-state index contributed by atoms with van der Waals surface area (Å²) in [6.07, 6.45) is -1.75. The van der Waals surface area contributed by atoms with Crippen LogP contribution in [-0.2, 0) is 17.9 Å². The quantitative estimate of drug-likeness (QED) is 0.841. The van der Waals surface area contributed by atoms with Crippen LogP contribution in [0.5, 0.6) is 0 Å². The Morgan fingerprint density at radius 2 is 2.16 bits per heavy atom. The molecule has 1 aromatic heterocycles. The average Bonchev–Trinajstić information content (AvgIpc) is 2.91. The van der Waals surface area contributed by atoms with Gasteiger partial charge in [-0.3, -0.25) is 9.69 Å². The number of aromatic nitrogens is 2. The molecular formula is C16H18ClF3N4O. The number of rotatable bonds is 6. The van der Waals surface area contributed by atoms with Gasteiger partial charge in [0.1, 0.15) is 12.4 Å². The van der Waals surface area contributed by atoms with Crippen molar-refractivity contribution >= 4 is 23.2 Å². The average molecular weight is 375 g/mol. The van der Waals surface area contributed by atoms with Crippen molar-refractivity contribution in [1.29, 1.82) is 0 Å². The van der Waals surface area contributed by atoms with Crippen LogP contribution in [0.3, 0.4) is 0 Å². The molecule has 0 fully saturated rings. The molecule has 5 nitrogen and oxygen atoms in total. The summed E-state index contributed by atoms with van der Waals surface area (Å²) in [5, 5.41) is 3.22. The molecule has 0 spiro atoms. The number of hydrogen-bond acceptors (Lipinski definition) is 3. The van der Waals surface area contributed by atoms with E-state index in [-0.39, 0.29) is 18.3 Å². The van der Waals surface area contributed by atoms with Gasteiger partial charge in [-0.1, -0.05) is 17.7 Å². The molecule has 0 aliphatic carbocycles. The molecule has 1 N–H and O–H groups in total. The monoisotopic (exact) mass is 374 g/mol. The fourth-order valence-corrected chi connectivity index (χ4v) is 2.39. The molecule has 1 aromatic carbocycles. The summed E-state index contributed by atoms with van der Waals surface area (Å²) in [5.41, 5.74) is 0.552. The van der Waals surface area contributed by atoms with Crippen molar-refractivity contribution in [3.05, 3.63) is 47.5 Å². The SMILES string of the molecule is CC(C(=O)Nc1cccc(Cl)c1)N(C)Cc1nccn1CC(F)(F)F. The Labute approximate surface area is 148 Å². The Morgan fingerprint density at radius 3 is 2.80 bits per heavy atom. The number of imidazole rings is 1. The third-order valence-corrected chi connectivity index (χ3v) is 3.91. The first-order valence-electron chi connectivity index (χ1n) is 7.49. The number of carbonyl (C=O) groups excluding carboxylic acids is 1. The second-order valence-corrected chi connectivity index (χ2v) is 6.11. The molecule has 2 aromatic rings. The van der Waals surface area contributed by atoms with Gasteiger partial charge in [0.25, 0.3) is 0 Å². The maximum absolute atomic E-state index is 12.6. The van der Waals surface area contributed by atoms with E-state index in [0.29, 0.717) is 10.7 Å². The third kappa shape index (κ3) is 5.75. The molecule has 0 radical (unpaired) electrons. The molecule has 0 aliphatic heterocycles. The van der Waals surface area contributed by atoms with Crippen LogP contribution in [0.1, 0.15) is 12.7 Å². The molecule has 0 aliphatic rings. The minimum Gasteiger partial charge on any atom is -0.325 e. The molecule has 0 bridgehead atoms. The fourth-order valence-electron chi connectivity index (χ4n) is 2.20. The first-order valence-corrected chi connectivity index (χ1v) is 7.87. The minimum absolute atomic E-state index is 0.104. The number of benzene rings is 1. The van der Waals surface area contributed by atoms with Gasteiger partial charge in [0.2, 0.25) is 5.91 Å².